The maximum absolute atomic E-state index is 14.5. The first-order valence-corrected chi connectivity index (χ1v) is 13.2. The lowest BCUT2D eigenvalue weighted by Crippen LogP contribution is -2.63. The van der Waals surface area contributed by atoms with E-state index >= 15 is 0 Å². The summed E-state index contributed by atoms with van der Waals surface area (Å²) >= 11 is 0. The van der Waals surface area contributed by atoms with Gasteiger partial charge in [-0.15, -0.1) is 0 Å². The summed E-state index contributed by atoms with van der Waals surface area (Å²) in [7, 11) is 2.38. The van der Waals surface area contributed by atoms with Crippen molar-refractivity contribution in [2.24, 2.45) is 22.2 Å². The third-order valence-electron chi connectivity index (χ3n) is 7.74. The number of methoxy groups -OCH3 is 2. The zero-order valence-electron chi connectivity index (χ0n) is 24.5. The molecule has 214 valence electrons. The number of fused-ring (bicyclic) bond motifs is 2. The molecule has 8 heteroatoms. The Balaban J connectivity index is 3.04. The van der Waals surface area contributed by atoms with Crippen molar-refractivity contribution >= 4 is 29.3 Å². The minimum absolute atomic E-state index is 0.0120. The van der Waals surface area contributed by atoms with E-state index in [4.69, 9.17) is 9.47 Å². The van der Waals surface area contributed by atoms with E-state index in [2.05, 4.69) is 6.58 Å². The molecule has 0 amide bonds. The quantitative estimate of drug-likeness (QED) is 0.122. The number of rotatable bonds is 11. The van der Waals surface area contributed by atoms with Crippen LogP contribution in [0.5, 0.6) is 0 Å². The van der Waals surface area contributed by atoms with Crippen molar-refractivity contribution in [2.75, 3.05) is 14.2 Å². The van der Waals surface area contributed by atoms with Gasteiger partial charge in [-0.25, -0.2) is 4.79 Å². The maximum atomic E-state index is 14.5. The maximum Gasteiger partial charge on any atom is 0.333 e. The number of allylic oxidation sites excluding steroid dienone is 6. The molecule has 0 spiro atoms. The molecule has 0 heterocycles. The Labute approximate surface area is 231 Å². The smallest absolute Gasteiger partial charge is 0.333 e. The summed E-state index contributed by atoms with van der Waals surface area (Å²) in [6.45, 7) is 14.7. The summed E-state index contributed by atoms with van der Waals surface area (Å²) in [5.74, 6) is -4.04. The van der Waals surface area contributed by atoms with Gasteiger partial charge in [0, 0.05) is 12.0 Å². The fourth-order valence-electron chi connectivity index (χ4n) is 5.99. The molecular formula is C31H42O8. The van der Waals surface area contributed by atoms with Crippen molar-refractivity contribution in [2.45, 2.75) is 80.1 Å². The van der Waals surface area contributed by atoms with Crippen molar-refractivity contribution in [3.05, 3.63) is 46.8 Å². The zero-order valence-corrected chi connectivity index (χ0v) is 24.5. The molecule has 0 radical (unpaired) electrons. The molecular weight excluding hydrogens is 500 g/mol. The Kier molecular flexibility index (Phi) is 9.69. The second-order valence-corrected chi connectivity index (χ2v) is 11.9. The van der Waals surface area contributed by atoms with Gasteiger partial charge in [0.1, 0.15) is 11.3 Å². The molecule has 0 aromatic rings. The van der Waals surface area contributed by atoms with E-state index in [-0.39, 0.29) is 55.6 Å². The Bertz CT molecular complexity index is 1170. The first-order chi connectivity index (χ1) is 18.0. The number of Topliss-reactive ketones (excluding diaryl/α,β-unsaturated/α-hetero) is 3. The van der Waals surface area contributed by atoms with E-state index in [0.29, 0.717) is 0 Å². The van der Waals surface area contributed by atoms with Crippen LogP contribution < -0.4 is 0 Å². The fourth-order valence-corrected chi connectivity index (χ4v) is 5.99. The van der Waals surface area contributed by atoms with Crippen LogP contribution in [0.4, 0.5) is 0 Å². The molecule has 8 nitrogen and oxygen atoms in total. The Morgan fingerprint density at radius 1 is 0.949 bits per heavy atom. The van der Waals surface area contributed by atoms with E-state index in [0.717, 1.165) is 11.1 Å². The molecule has 0 aromatic heterocycles. The van der Waals surface area contributed by atoms with Gasteiger partial charge in [-0.05, 0) is 65.7 Å². The Hall–Kier alpha value is -3.29. The molecule has 2 aliphatic carbocycles. The predicted molar refractivity (Wildman–Crippen MR) is 147 cm³/mol. The predicted octanol–water partition coefficient (Wildman–Crippen LogP) is 5.32. The number of aliphatic hydroxyl groups excluding tert-OH is 1. The Morgan fingerprint density at radius 3 is 1.92 bits per heavy atom. The van der Waals surface area contributed by atoms with Gasteiger partial charge in [-0.2, -0.15) is 0 Å². The minimum atomic E-state index is -1.83. The third-order valence-corrected chi connectivity index (χ3v) is 7.74. The topological polar surface area (TPSA) is 124 Å². The lowest BCUT2D eigenvalue weighted by Gasteiger charge is -2.55. The van der Waals surface area contributed by atoms with Gasteiger partial charge < -0.3 is 14.6 Å². The highest BCUT2D eigenvalue weighted by molar-refractivity contribution is 6.31. The number of carbonyl (C=O) groups is 5. The Morgan fingerprint density at radius 2 is 1.46 bits per heavy atom. The van der Waals surface area contributed by atoms with Crippen LogP contribution in [0.3, 0.4) is 0 Å². The SMILES string of the molecule is C=C(C[C@]1(C(=O)OC)C[C@]2(CC=C(C)C)C(=O)C(C(=O)CC(C)C)=C(O)[C@@](CC=C(C)C)(C1)C2=O)C(=O)OC. The van der Waals surface area contributed by atoms with Gasteiger partial charge in [-0.3, -0.25) is 19.2 Å². The summed E-state index contributed by atoms with van der Waals surface area (Å²) in [6.07, 6.45) is 2.58. The molecule has 1 saturated carbocycles. The molecule has 1 fully saturated rings. The second kappa shape index (κ2) is 11.8. The molecule has 2 bridgehead atoms. The van der Waals surface area contributed by atoms with Crippen LogP contribution in [0.1, 0.15) is 80.1 Å². The summed E-state index contributed by atoms with van der Waals surface area (Å²) in [5, 5.41) is 11.7. The average molecular weight is 543 g/mol. The van der Waals surface area contributed by atoms with Crippen molar-refractivity contribution in [1.29, 1.82) is 0 Å². The fraction of sp³-hybridized carbons (Fsp3) is 0.581. The van der Waals surface area contributed by atoms with Crippen LogP contribution in [-0.4, -0.2) is 48.6 Å². The van der Waals surface area contributed by atoms with Crippen molar-refractivity contribution in [3.8, 4) is 0 Å². The minimum Gasteiger partial charge on any atom is -0.510 e. The average Bonchev–Trinajstić information content (AvgIpc) is 2.85. The molecule has 2 rings (SSSR count). The number of hydrogen-bond donors (Lipinski definition) is 1. The monoisotopic (exact) mass is 542 g/mol. The summed E-state index contributed by atoms with van der Waals surface area (Å²) in [4.78, 5) is 68.2. The molecule has 0 unspecified atom stereocenters. The lowest BCUT2D eigenvalue weighted by atomic mass is 9.44. The number of hydrogen-bond acceptors (Lipinski definition) is 8. The van der Waals surface area contributed by atoms with Gasteiger partial charge in [-0.1, -0.05) is 43.7 Å². The summed E-state index contributed by atoms with van der Waals surface area (Å²) in [5.41, 5.74) is -3.87. The van der Waals surface area contributed by atoms with Crippen LogP contribution in [0, 0.1) is 22.2 Å². The highest BCUT2D eigenvalue weighted by Gasteiger charge is 2.70. The molecule has 39 heavy (non-hydrogen) atoms. The van der Waals surface area contributed by atoms with Crippen LogP contribution in [-0.2, 0) is 33.4 Å². The van der Waals surface area contributed by atoms with E-state index in [9.17, 15) is 29.1 Å². The number of aliphatic hydroxyl groups is 1. The van der Waals surface area contributed by atoms with Gasteiger partial charge in [0.15, 0.2) is 17.3 Å². The van der Waals surface area contributed by atoms with Crippen LogP contribution in [0.25, 0.3) is 0 Å². The van der Waals surface area contributed by atoms with E-state index in [1.165, 1.54) is 14.2 Å². The largest absolute Gasteiger partial charge is 0.510 e. The third kappa shape index (κ3) is 5.85. The van der Waals surface area contributed by atoms with E-state index in [1.807, 2.05) is 41.5 Å². The number of esters is 2. The molecule has 0 saturated heterocycles. The normalized spacial score (nSPS) is 26.2. The molecule has 0 aliphatic heterocycles. The molecule has 1 N–H and O–H groups in total. The highest BCUT2D eigenvalue weighted by Crippen LogP contribution is 2.63. The molecule has 3 atom stereocenters. The number of ketones is 3. The van der Waals surface area contributed by atoms with Crippen LogP contribution >= 0.6 is 0 Å². The van der Waals surface area contributed by atoms with Crippen molar-refractivity contribution in [3.63, 3.8) is 0 Å². The van der Waals surface area contributed by atoms with Gasteiger partial charge >= 0.3 is 11.9 Å². The van der Waals surface area contributed by atoms with Gasteiger partial charge in [0.25, 0.3) is 0 Å². The lowest BCUT2D eigenvalue weighted by molar-refractivity contribution is -0.172. The first kappa shape index (κ1) is 31.9. The first-order valence-electron chi connectivity index (χ1n) is 13.2. The van der Waals surface area contributed by atoms with Crippen molar-refractivity contribution in [1.82, 2.24) is 0 Å². The molecule has 2 aliphatic rings. The van der Waals surface area contributed by atoms with Crippen LogP contribution in [0.15, 0.2) is 46.8 Å². The molecule has 0 aromatic carbocycles. The van der Waals surface area contributed by atoms with Crippen LogP contribution in [0.2, 0.25) is 0 Å². The highest BCUT2D eigenvalue weighted by atomic mass is 16.5. The van der Waals surface area contributed by atoms with Gasteiger partial charge in [0.05, 0.1) is 30.5 Å². The van der Waals surface area contributed by atoms with Gasteiger partial charge in [0.2, 0.25) is 0 Å². The van der Waals surface area contributed by atoms with Crippen molar-refractivity contribution < 1.29 is 38.6 Å². The second-order valence-electron chi connectivity index (χ2n) is 11.9. The number of ether oxygens (including phenoxy) is 2. The number of carbonyl (C=O) groups excluding carboxylic acids is 5. The zero-order chi connectivity index (χ0) is 29.9. The van der Waals surface area contributed by atoms with E-state index in [1.54, 1.807) is 12.2 Å². The summed E-state index contributed by atoms with van der Waals surface area (Å²) in [6, 6.07) is 0. The summed E-state index contributed by atoms with van der Waals surface area (Å²) < 4.78 is 10.0. The standard InChI is InChI=1S/C31H42O8/c1-18(2)10-12-30-16-29(28(37)39-9,15-21(7)26(35)38-8)17-31(27(30)36,13-11-19(3)4)25(34)23(24(30)33)22(32)14-20(5)6/h10-11,20,33H,7,12-17H2,1-6,8-9H3/t29-,30-,31-/m1/s1. The van der Waals surface area contributed by atoms with E-state index < -0.39 is 51.3 Å².